The lowest BCUT2D eigenvalue weighted by atomic mass is 10.0. The molecule has 0 aliphatic rings. The SMILES string of the molecule is Cc1cc(F)c(CCc2cn[nH]n2)cc1C. The van der Waals surface area contributed by atoms with E-state index in [4.69, 9.17) is 0 Å². The van der Waals surface area contributed by atoms with Crippen molar-refractivity contribution in [3.8, 4) is 0 Å². The molecular formula is C12H14FN3. The first-order valence-corrected chi connectivity index (χ1v) is 5.27. The van der Waals surface area contributed by atoms with Gasteiger partial charge in [-0.1, -0.05) is 6.07 Å². The molecular weight excluding hydrogens is 205 g/mol. The van der Waals surface area contributed by atoms with E-state index in [1.165, 1.54) is 0 Å². The minimum atomic E-state index is -0.133. The number of hydrogen-bond acceptors (Lipinski definition) is 2. The second-order valence-electron chi connectivity index (χ2n) is 3.99. The number of benzene rings is 1. The molecule has 16 heavy (non-hydrogen) atoms. The zero-order chi connectivity index (χ0) is 11.5. The van der Waals surface area contributed by atoms with Crippen LogP contribution in [0.1, 0.15) is 22.4 Å². The fourth-order valence-electron chi connectivity index (χ4n) is 1.64. The average Bonchev–Trinajstić information content (AvgIpc) is 2.74. The molecule has 2 rings (SSSR count). The summed E-state index contributed by atoms with van der Waals surface area (Å²) in [5.41, 5.74) is 3.71. The van der Waals surface area contributed by atoms with Crippen molar-refractivity contribution < 1.29 is 4.39 Å². The van der Waals surface area contributed by atoms with Crippen molar-refractivity contribution in [2.75, 3.05) is 0 Å². The molecule has 84 valence electrons. The van der Waals surface area contributed by atoms with Gasteiger partial charge in [-0.3, -0.25) is 0 Å². The van der Waals surface area contributed by atoms with Crippen LogP contribution in [0.4, 0.5) is 4.39 Å². The molecule has 0 fully saturated rings. The van der Waals surface area contributed by atoms with Crippen molar-refractivity contribution in [2.24, 2.45) is 0 Å². The van der Waals surface area contributed by atoms with E-state index in [1.807, 2.05) is 19.9 Å². The highest BCUT2D eigenvalue weighted by Crippen LogP contribution is 2.16. The van der Waals surface area contributed by atoms with E-state index in [9.17, 15) is 4.39 Å². The van der Waals surface area contributed by atoms with Gasteiger partial charge in [-0.15, -0.1) is 0 Å². The van der Waals surface area contributed by atoms with Crippen LogP contribution in [0, 0.1) is 19.7 Å². The van der Waals surface area contributed by atoms with Crippen LogP contribution >= 0.6 is 0 Å². The summed E-state index contributed by atoms with van der Waals surface area (Å²) >= 11 is 0. The number of rotatable bonds is 3. The lowest BCUT2D eigenvalue weighted by Gasteiger charge is -2.06. The van der Waals surface area contributed by atoms with Crippen molar-refractivity contribution in [1.82, 2.24) is 15.4 Å². The predicted octanol–water partition coefficient (Wildman–Crippen LogP) is 2.35. The number of aromatic nitrogens is 3. The maximum absolute atomic E-state index is 13.6. The van der Waals surface area contributed by atoms with E-state index in [2.05, 4.69) is 15.4 Å². The van der Waals surface area contributed by atoms with Gasteiger partial charge < -0.3 is 0 Å². The first kappa shape index (κ1) is 10.8. The second-order valence-corrected chi connectivity index (χ2v) is 3.99. The standard InChI is InChI=1S/C12H14FN3/c1-8-5-10(12(13)6-9(8)2)3-4-11-7-14-16-15-11/h5-7H,3-4H2,1-2H3,(H,14,15,16). The van der Waals surface area contributed by atoms with Gasteiger partial charge in [-0.2, -0.15) is 15.4 Å². The van der Waals surface area contributed by atoms with Crippen molar-refractivity contribution in [1.29, 1.82) is 0 Å². The highest BCUT2D eigenvalue weighted by Gasteiger charge is 2.06. The highest BCUT2D eigenvalue weighted by molar-refractivity contribution is 5.31. The molecule has 0 saturated heterocycles. The number of H-pyrrole nitrogens is 1. The first-order valence-electron chi connectivity index (χ1n) is 5.27. The van der Waals surface area contributed by atoms with Crippen LogP contribution in [-0.2, 0) is 12.8 Å². The summed E-state index contributed by atoms with van der Waals surface area (Å²) in [5, 5.41) is 10.2. The number of aromatic amines is 1. The molecule has 2 aromatic rings. The van der Waals surface area contributed by atoms with Crippen molar-refractivity contribution in [3.63, 3.8) is 0 Å². The zero-order valence-corrected chi connectivity index (χ0v) is 9.42. The summed E-state index contributed by atoms with van der Waals surface area (Å²) in [6.45, 7) is 3.91. The van der Waals surface area contributed by atoms with Gasteiger partial charge in [-0.25, -0.2) is 4.39 Å². The Hall–Kier alpha value is -1.71. The van der Waals surface area contributed by atoms with Crippen LogP contribution in [0.3, 0.4) is 0 Å². The van der Waals surface area contributed by atoms with E-state index < -0.39 is 0 Å². The van der Waals surface area contributed by atoms with Gasteiger partial charge in [0.1, 0.15) is 5.82 Å². The van der Waals surface area contributed by atoms with Gasteiger partial charge >= 0.3 is 0 Å². The van der Waals surface area contributed by atoms with Gasteiger partial charge in [0.05, 0.1) is 11.9 Å². The van der Waals surface area contributed by atoms with Crippen LogP contribution in [0.2, 0.25) is 0 Å². The molecule has 1 heterocycles. The normalized spacial score (nSPS) is 10.7. The molecule has 1 aromatic carbocycles. The lowest BCUT2D eigenvalue weighted by Crippen LogP contribution is -1.97. The Morgan fingerprint density at radius 2 is 1.94 bits per heavy atom. The maximum Gasteiger partial charge on any atom is 0.126 e. The predicted molar refractivity (Wildman–Crippen MR) is 59.7 cm³/mol. The molecule has 0 radical (unpaired) electrons. The molecule has 1 aromatic heterocycles. The summed E-state index contributed by atoms with van der Waals surface area (Å²) in [6, 6.07) is 3.50. The Balaban J connectivity index is 2.12. The molecule has 1 N–H and O–H groups in total. The maximum atomic E-state index is 13.6. The van der Waals surface area contributed by atoms with Crippen molar-refractivity contribution >= 4 is 0 Å². The van der Waals surface area contributed by atoms with E-state index in [1.54, 1.807) is 12.3 Å². The zero-order valence-electron chi connectivity index (χ0n) is 9.42. The van der Waals surface area contributed by atoms with E-state index in [0.29, 0.717) is 12.8 Å². The molecule has 0 saturated carbocycles. The number of nitrogens with zero attached hydrogens (tertiary/aromatic N) is 2. The number of halogens is 1. The van der Waals surface area contributed by atoms with E-state index in [0.717, 1.165) is 22.4 Å². The van der Waals surface area contributed by atoms with Crippen molar-refractivity contribution in [3.05, 3.63) is 46.5 Å². The van der Waals surface area contributed by atoms with Crippen LogP contribution in [0.25, 0.3) is 0 Å². The minimum Gasteiger partial charge on any atom is -0.207 e. The fourth-order valence-corrected chi connectivity index (χ4v) is 1.64. The van der Waals surface area contributed by atoms with Gasteiger partial charge in [0.15, 0.2) is 0 Å². The first-order chi connectivity index (χ1) is 7.66. The number of nitrogens with one attached hydrogen (secondary N) is 1. The summed E-state index contributed by atoms with van der Waals surface area (Å²) in [6.07, 6.45) is 3.02. The van der Waals surface area contributed by atoms with Gasteiger partial charge in [0, 0.05) is 0 Å². The quantitative estimate of drug-likeness (QED) is 0.860. The summed E-state index contributed by atoms with van der Waals surface area (Å²) in [7, 11) is 0. The fraction of sp³-hybridized carbons (Fsp3) is 0.333. The number of hydrogen-bond donors (Lipinski definition) is 1. The largest absolute Gasteiger partial charge is 0.207 e. The van der Waals surface area contributed by atoms with Crippen LogP contribution in [0.15, 0.2) is 18.3 Å². The van der Waals surface area contributed by atoms with Crippen LogP contribution in [0.5, 0.6) is 0 Å². The molecule has 3 nitrogen and oxygen atoms in total. The van der Waals surface area contributed by atoms with Crippen LogP contribution in [-0.4, -0.2) is 15.4 Å². The molecule has 0 atom stereocenters. The molecule has 0 bridgehead atoms. The molecule has 4 heteroatoms. The Bertz CT molecular complexity index is 477. The molecule has 0 aliphatic carbocycles. The Morgan fingerprint density at radius 3 is 2.62 bits per heavy atom. The third-order valence-electron chi connectivity index (χ3n) is 2.78. The monoisotopic (exact) mass is 219 g/mol. The third kappa shape index (κ3) is 2.27. The van der Waals surface area contributed by atoms with E-state index in [-0.39, 0.29) is 5.82 Å². The van der Waals surface area contributed by atoms with Gasteiger partial charge in [-0.05, 0) is 49.4 Å². The topological polar surface area (TPSA) is 41.6 Å². The smallest absolute Gasteiger partial charge is 0.126 e. The van der Waals surface area contributed by atoms with E-state index >= 15 is 0 Å². The van der Waals surface area contributed by atoms with Gasteiger partial charge in [0.2, 0.25) is 0 Å². The van der Waals surface area contributed by atoms with Gasteiger partial charge in [0.25, 0.3) is 0 Å². The molecule has 0 spiro atoms. The Labute approximate surface area is 93.7 Å². The molecule has 0 aliphatic heterocycles. The second kappa shape index (κ2) is 4.43. The highest BCUT2D eigenvalue weighted by atomic mass is 19.1. The molecule has 0 unspecified atom stereocenters. The van der Waals surface area contributed by atoms with Crippen molar-refractivity contribution in [2.45, 2.75) is 26.7 Å². The average molecular weight is 219 g/mol. The molecule has 0 amide bonds. The Kier molecular flexibility index (Phi) is 2.99. The van der Waals surface area contributed by atoms with Crippen LogP contribution < -0.4 is 0 Å². The minimum absolute atomic E-state index is 0.133. The summed E-state index contributed by atoms with van der Waals surface area (Å²) in [5.74, 6) is -0.133. The lowest BCUT2D eigenvalue weighted by molar-refractivity contribution is 0.606. The summed E-state index contributed by atoms with van der Waals surface area (Å²) in [4.78, 5) is 0. The Morgan fingerprint density at radius 1 is 1.19 bits per heavy atom. The third-order valence-corrected chi connectivity index (χ3v) is 2.78. The number of aryl methyl sites for hydroxylation is 4. The summed E-state index contributed by atoms with van der Waals surface area (Å²) < 4.78 is 13.6.